The van der Waals surface area contributed by atoms with Crippen molar-refractivity contribution in [1.29, 1.82) is 0 Å². The van der Waals surface area contributed by atoms with Crippen LogP contribution in [0.25, 0.3) is 16.5 Å². The zero-order valence-electron chi connectivity index (χ0n) is 19.3. The van der Waals surface area contributed by atoms with Gasteiger partial charge in [-0.3, -0.25) is 0 Å². The molecule has 0 spiro atoms. The number of furan rings is 1. The van der Waals surface area contributed by atoms with E-state index in [9.17, 15) is 9.50 Å². The Labute approximate surface area is 195 Å². The van der Waals surface area contributed by atoms with Crippen LogP contribution in [0, 0.1) is 11.7 Å². The van der Waals surface area contributed by atoms with Crippen molar-refractivity contribution in [3.8, 4) is 0 Å². The Kier molecular flexibility index (Phi) is 6.82. The molecule has 3 aromatic rings. The average molecular weight is 448 g/mol. The van der Waals surface area contributed by atoms with Crippen molar-refractivity contribution in [2.24, 2.45) is 5.92 Å². The predicted molar refractivity (Wildman–Crippen MR) is 131 cm³/mol. The Morgan fingerprint density at radius 1 is 1.03 bits per heavy atom. The minimum atomic E-state index is -0.303. The third-order valence-electron chi connectivity index (χ3n) is 7.62. The van der Waals surface area contributed by atoms with Gasteiger partial charge in [-0.15, -0.1) is 0 Å². The van der Waals surface area contributed by atoms with E-state index in [4.69, 9.17) is 4.42 Å². The van der Waals surface area contributed by atoms with E-state index in [1.165, 1.54) is 37.3 Å². The number of aliphatic hydroxyl groups is 1. The molecule has 2 heterocycles. The molecule has 1 N–H and O–H groups in total. The van der Waals surface area contributed by atoms with Crippen LogP contribution in [0.4, 0.5) is 4.39 Å². The molecule has 1 aromatic heterocycles. The number of fused-ring (bicyclic) bond motifs is 1. The van der Waals surface area contributed by atoms with E-state index in [-0.39, 0.29) is 17.8 Å². The van der Waals surface area contributed by atoms with Gasteiger partial charge < -0.3 is 14.4 Å². The third-order valence-corrected chi connectivity index (χ3v) is 7.62. The van der Waals surface area contributed by atoms with E-state index in [0.29, 0.717) is 5.92 Å². The number of hydrogen-bond donors (Lipinski definition) is 1. The van der Waals surface area contributed by atoms with Gasteiger partial charge in [0.15, 0.2) is 0 Å². The van der Waals surface area contributed by atoms with Gasteiger partial charge >= 0.3 is 0 Å². The number of aliphatic hydroxyl groups excluding tert-OH is 1. The van der Waals surface area contributed by atoms with Crippen LogP contribution >= 0.6 is 0 Å². The maximum absolute atomic E-state index is 14.2. The monoisotopic (exact) mass is 447 g/mol. The smallest absolute Gasteiger partial charge is 0.141 e. The molecule has 0 radical (unpaired) electrons. The van der Waals surface area contributed by atoms with Crippen molar-refractivity contribution >= 4 is 16.5 Å². The Hall–Kier alpha value is -2.59. The zero-order valence-corrected chi connectivity index (χ0v) is 19.3. The van der Waals surface area contributed by atoms with Crippen LogP contribution in [-0.4, -0.2) is 29.2 Å². The van der Waals surface area contributed by atoms with Crippen molar-refractivity contribution in [2.75, 3.05) is 13.1 Å². The predicted octanol–water partition coefficient (Wildman–Crippen LogP) is 7.12. The van der Waals surface area contributed by atoms with Crippen molar-refractivity contribution < 1.29 is 13.9 Å². The van der Waals surface area contributed by atoms with E-state index < -0.39 is 0 Å². The summed E-state index contributed by atoms with van der Waals surface area (Å²) in [5.41, 5.74) is 3.97. The molecule has 2 atom stereocenters. The molecule has 0 bridgehead atoms. The Morgan fingerprint density at radius 2 is 1.82 bits per heavy atom. The van der Waals surface area contributed by atoms with Gasteiger partial charge in [-0.1, -0.05) is 56.0 Å². The number of benzene rings is 2. The van der Waals surface area contributed by atoms with Gasteiger partial charge in [-0.25, -0.2) is 4.39 Å². The normalized spacial score (nSPS) is 19.5. The highest BCUT2D eigenvalue weighted by Crippen LogP contribution is 2.36. The van der Waals surface area contributed by atoms with Crippen LogP contribution in [0.1, 0.15) is 68.4 Å². The first-order valence-electron chi connectivity index (χ1n) is 12.5. The lowest BCUT2D eigenvalue weighted by atomic mass is 9.80. The largest absolute Gasteiger partial charge is 0.464 e. The summed E-state index contributed by atoms with van der Waals surface area (Å²) in [7, 11) is 0. The van der Waals surface area contributed by atoms with Crippen molar-refractivity contribution in [3.05, 3.63) is 77.9 Å². The summed E-state index contributed by atoms with van der Waals surface area (Å²) < 4.78 is 19.8. The summed E-state index contributed by atoms with van der Waals surface area (Å²) in [4.78, 5) is 2.32. The van der Waals surface area contributed by atoms with Gasteiger partial charge in [-0.2, -0.15) is 0 Å². The summed E-state index contributed by atoms with van der Waals surface area (Å²) in [6.07, 6.45) is 12.6. The molecule has 1 fully saturated rings. The van der Waals surface area contributed by atoms with Gasteiger partial charge in [-0.05, 0) is 60.9 Å². The van der Waals surface area contributed by atoms with E-state index in [1.807, 2.05) is 12.1 Å². The second-order valence-corrected chi connectivity index (χ2v) is 9.78. The fraction of sp³-hybridized carbons (Fsp3) is 0.448. The molecule has 2 aromatic carbocycles. The van der Waals surface area contributed by atoms with E-state index in [0.717, 1.165) is 60.9 Å². The summed E-state index contributed by atoms with van der Waals surface area (Å²) in [5, 5.41) is 12.3. The Bertz CT molecular complexity index is 1080. The molecule has 2 aliphatic rings. The second kappa shape index (κ2) is 10.1. The third kappa shape index (κ3) is 5.01. The Morgan fingerprint density at radius 3 is 2.61 bits per heavy atom. The van der Waals surface area contributed by atoms with Crippen LogP contribution in [-0.2, 0) is 0 Å². The van der Waals surface area contributed by atoms with Gasteiger partial charge in [0.2, 0.25) is 0 Å². The molecule has 1 saturated carbocycles. The topological polar surface area (TPSA) is 36.6 Å². The summed E-state index contributed by atoms with van der Waals surface area (Å²) in [6.45, 7) is 1.79. The SMILES string of the molecule is OC(C1CCCCCC1)C(CCN1C=C(c2cc(F)cc3ccoc23)CC1)c1ccccc1. The van der Waals surface area contributed by atoms with E-state index in [2.05, 4.69) is 35.4 Å². The van der Waals surface area contributed by atoms with Crippen LogP contribution in [0.3, 0.4) is 0 Å². The lowest BCUT2D eigenvalue weighted by Gasteiger charge is -2.31. The van der Waals surface area contributed by atoms with Gasteiger partial charge in [0.25, 0.3) is 0 Å². The van der Waals surface area contributed by atoms with E-state index in [1.54, 1.807) is 12.3 Å². The first-order valence-corrected chi connectivity index (χ1v) is 12.5. The number of halogens is 1. The summed E-state index contributed by atoms with van der Waals surface area (Å²) >= 11 is 0. The number of rotatable bonds is 7. The van der Waals surface area contributed by atoms with Crippen LogP contribution in [0.2, 0.25) is 0 Å². The maximum Gasteiger partial charge on any atom is 0.141 e. The fourth-order valence-electron chi connectivity index (χ4n) is 5.80. The fourth-order valence-corrected chi connectivity index (χ4v) is 5.80. The molecule has 5 rings (SSSR count). The molecule has 4 heteroatoms. The highest BCUT2D eigenvalue weighted by Gasteiger charge is 2.30. The molecule has 174 valence electrons. The van der Waals surface area contributed by atoms with Crippen LogP contribution in [0.15, 0.2) is 65.4 Å². The maximum atomic E-state index is 14.2. The van der Waals surface area contributed by atoms with Gasteiger partial charge in [0.1, 0.15) is 11.4 Å². The molecule has 33 heavy (non-hydrogen) atoms. The highest BCUT2D eigenvalue weighted by molar-refractivity contribution is 5.90. The molecule has 0 saturated heterocycles. The first kappa shape index (κ1) is 22.2. The minimum Gasteiger partial charge on any atom is -0.464 e. The highest BCUT2D eigenvalue weighted by atomic mass is 19.1. The average Bonchev–Trinajstić information content (AvgIpc) is 3.41. The minimum absolute atomic E-state index is 0.137. The number of hydrogen-bond acceptors (Lipinski definition) is 3. The van der Waals surface area contributed by atoms with Gasteiger partial charge in [0, 0.05) is 36.2 Å². The van der Waals surface area contributed by atoms with Crippen molar-refractivity contribution in [3.63, 3.8) is 0 Å². The van der Waals surface area contributed by atoms with Crippen LogP contribution in [0.5, 0.6) is 0 Å². The van der Waals surface area contributed by atoms with Crippen molar-refractivity contribution in [1.82, 2.24) is 4.90 Å². The molecule has 1 aliphatic heterocycles. The summed E-state index contributed by atoms with van der Waals surface area (Å²) in [5.74, 6) is 0.300. The molecule has 2 unspecified atom stereocenters. The lowest BCUT2D eigenvalue weighted by molar-refractivity contribution is 0.0665. The van der Waals surface area contributed by atoms with Crippen LogP contribution < -0.4 is 0 Å². The van der Waals surface area contributed by atoms with E-state index >= 15 is 0 Å². The molecule has 1 aliphatic carbocycles. The second-order valence-electron chi connectivity index (χ2n) is 9.78. The molecule has 3 nitrogen and oxygen atoms in total. The summed E-state index contributed by atoms with van der Waals surface area (Å²) in [6, 6.07) is 15.4. The number of nitrogens with zero attached hydrogens (tertiary/aromatic N) is 1. The first-order chi connectivity index (χ1) is 16.2. The van der Waals surface area contributed by atoms with Gasteiger partial charge in [0.05, 0.1) is 12.4 Å². The zero-order chi connectivity index (χ0) is 22.6. The Balaban J connectivity index is 1.32. The quantitative estimate of drug-likeness (QED) is 0.392. The van der Waals surface area contributed by atoms with Crippen molar-refractivity contribution in [2.45, 2.75) is 63.4 Å². The molecule has 0 amide bonds. The standard InChI is InChI=1S/C29H34FNO2/c30-25-18-23-14-17-33-29(23)27(19-25)24-12-15-31(20-24)16-13-26(21-8-6-3-7-9-21)28(32)22-10-4-1-2-5-11-22/h3,6-9,14,17-20,22,26,28,32H,1-2,4-5,10-13,15-16H2. The molecular weight excluding hydrogens is 413 g/mol. The lowest BCUT2D eigenvalue weighted by Crippen LogP contribution is -2.30. The molecular formula is C29H34FNO2.